The summed E-state index contributed by atoms with van der Waals surface area (Å²) in [4.78, 5) is 4.60. The molecule has 1 heterocycles. The number of hydrogen-bond donors (Lipinski definition) is 1. The van der Waals surface area contributed by atoms with E-state index in [-0.39, 0.29) is 0 Å². The average molecular weight is 275 g/mol. The monoisotopic (exact) mass is 274 g/mol. The molecule has 0 saturated carbocycles. The van der Waals surface area contributed by atoms with Crippen LogP contribution in [-0.4, -0.2) is 4.98 Å². The quantitative estimate of drug-likeness (QED) is 0.663. The fourth-order valence-electron chi connectivity index (χ4n) is 1.88. The number of anilines is 1. The second kappa shape index (κ2) is 4.26. The Kier molecular flexibility index (Phi) is 2.73. The Balaban J connectivity index is 2.22. The summed E-state index contributed by atoms with van der Waals surface area (Å²) in [5.74, 6) is 0. The van der Waals surface area contributed by atoms with Crippen LogP contribution in [0.2, 0.25) is 5.02 Å². The second-order valence-corrected chi connectivity index (χ2v) is 5.63. The molecule has 18 heavy (non-hydrogen) atoms. The van der Waals surface area contributed by atoms with Crippen LogP contribution in [0.15, 0.2) is 36.4 Å². The van der Waals surface area contributed by atoms with Crippen LogP contribution in [0.4, 0.5) is 5.69 Å². The number of rotatable bonds is 1. The van der Waals surface area contributed by atoms with Gasteiger partial charge in [0.05, 0.1) is 10.2 Å². The minimum absolute atomic E-state index is 0.705. The number of para-hydroxylation sites is 1. The van der Waals surface area contributed by atoms with Crippen LogP contribution in [-0.2, 0) is 0 Å². The molecule has 1 aromatic heterocycles. The van der Waals surface area contributed by atoms with Gasteiger partial charge in [-0.1, -0.05) is 23.7 Å². The summed E-state index contributed by atoms with van der Waals surface area (Å²) in [7, 11) is 0. The van der Waals surface area contributed by atoms with Gasteiger partial charge in [-0.3, -0.25) is 0 Å². The lowest BCUT2D eigenvalue weighted by Gasteiger charge is -2.04. The third-order valence-electron chi connectivity index (χ3n) is 2.90. The molecule has 0 aliphatic carbocycles. The van der Waals surface area contributed by atoms with Gasteiger partial charge in [0.15, 0.2) is 0 Å². The number of nitrogen functional groups attached to an aromatic ring is 1. The molecule has 0 saturated heterocycles. The van der Waals surface area contributed by atoms with Gasteiger partial charge >= 0.3 is 0 Å². The van der Waals surface area contributed by atoms with Gasteiger partial charge in [-0.15, -0.1) is 11.3 Å². The van der Waals surface area contributed by atoms with Gasteiger partial charge in [0, 0.05) is 16.3 Å². The summed E-state index contributed by atoms with van der Waals surface area (Å²) in [6, 6.07) is 11.8. The zero-order valence-corrected chi connectivity index (χ0v) is 11.3. The Morgan fingerprint density at radius 1 is 1.22 bits per heavy atom. The number of halogens is 1. The van der Waals surface area contributed by atoms with E-state index < -0.39 is 0 Å². The Hall–Kier alpha value is -1.58. The molecule has 0 bridgehead atoms. The van der Waals surface area contributed by atoms with E-state index in [1.807, 2.05) is 43.3 Å². The van der Waals surface area contributed by atoms with Crippen LogP contribution in [0, 0.1) is 6.92 Å². The lowest BCUT2D eigenvalue weighted by Crippen LogP contribution is -1.92. The maximum atomic E-state index is 6.11. The molecule has 2 aromatic carbocycles. The third kappa shape index (κ3) is 1.85. The zero-order valence-electron chi connectivity index (χ0n) is 9.77. The Labute approximate surface area is 114 Å². The van der Waals surface area contributed by atoms with Crippen molar-refractivity contribution >= 4 is 38.8 Å². The van der Waals surface area contributed by atoms with Gasteiger partial charge in [0.2, 0.25) is 0 Å². The number of nitrogens with zero attached hydrogens (tertiary/aromatic N) is 1. The summed E-state index contributed by atoms with van der Waals surface area (Å²) in [6.07, 6.45) is 0. The molecule has 0 amide bonds. The van der Waals surface area contributed by atoms with Crippen LogP contribution in [0.5, 0.6) is 0 Å². The van der Waals surface area contributed by atoms with Crippen molar-refractivity contribution in [2.45, 2.75) is 6.92 Å². The van der Waals surface area contributed by atoms with Crippen LogP contribution in [0.25, 0.3) is 20.8 Å². The van der Waals surface area contributed by atoms with Crippen molar-refractivity contribution in [3.05, 3.63) is 47.0 Å². The van der Waals surface area contributed by atoms with E-state index in [9.17, 15) is 0 Å². The smallest absolute Gasteiger partial charge is 0.126 e. The third-order valence-corrected chi connectivity index (χ3v) is 4.21. The van der Waals surface area contributed by atoms with E-state index in [0.717, 1.165) is 32.0 Å². The highest BCUT2D eigenvalue weighted by atomic mass is 35.5. The van der Waals surface area contributed by atoms with Gasteiger partial charge in [0.1, 0.15) is 5.01 Å². The van der Waals surface area contributed by atoms with Gasteiger partial charge in [0.25, 0.3) is 0 Å². The van der Waals surface area contributed by atoms with Crippen molar-refractivity contribution in [2.24, 2.45) is 0 Å². The maximum Gasteiger partial charge on any atom is 0.126 e. The molecule has 3 aromatic rings. The molecule has 4 heteroatoms. The first-order chi connectivity index (χ1) is 8.65. The standard InChI is InChI=1S/C14H11ClN2S/c1-8-3-2-4-10(13(8)16)14-17-11-7-9(15)5-6-12(11)18-14/h2-7H,16H2,1H3. The molecule has 0 radical (unpaired) electrons. The molecule has 0 unspecified atom stereocenters. The highest BCUT2D eigenvalue weighted by Gasteiger charge is 2.10. The molecule has 2 N–H and O–H groups in total. The van der Waals surface area contributed by atoms with E-state index in [0.29, 0.717) is 5.02 Å². The van der Waals surface area contributed by atoms with Crippen molar-refractivity contribution in [3.63, 3.8) is 0 Å². The highest BCUT2D eigenvalue weighted by Crippen LogP contribution is 2.35. The van der Waals surface area contributed by atoms with E-state index in [1.54, 1.807) is 11.3 Å². The van der Waals surface area contributed by atoms with E-state index in [4.69, 9.17) is 17.3 Å². The Morgan fingerprint density at radius 2 is 2.06 bits per heavy atom. The molecule has 0 fully saturated rings. The molecule has 0 atom stereocenters. The molecule has 3 rings (SSSR count). The minimum Gasteiger partial charge on any atom is -0.398 e. The van der Waals surface area contributed by atoms with E-state index in [2.05, 4.69) is 4.98 Å². The van der Waals surface area contributed by atoms with Crippen molar-refractivity contribution in [1.82, 2.24) is 4.98 Å². The number of benzene rings is 2. The fraction of sp³-hybridized carbons (Fsp3) is 0.0714. The van der Waals surface area contributed by atoms with Gasteiger partial charge in [-0.2, -0.15) is 0 Å². The highest BCUT2D eigenvalue weighted by molar-refractivity contribution is 7.21. The van der Waals surface area contributed by atoms with Crippen LogP contribution < -0.4 is 5.73 Å². The molecule has 0 aliphatic rings. The molecule has 2 nitrogen and oxygen atoms in total. The predicted octanol–water partition coefficient (Wildman–Crippen LogP) is 4.51. The van der Waals surface area contributed by atoms with Gasteiger partial charge in [-0.05, 0) is 36.8 Å². The normalized spacial score (nSPS) is 11.0. The molecule has 0 aliphatic heterocycles. The van der Waals surface area contributed by atoms with E-state index in [1.165, 1.54) is 0 Å². The number of aromatic nitrogens is 1. The first kappa shape index (κ1) is 11.5. The zero-order chi connectivity index (χ0) is 12.7. The first-order valence-corrected chi connectivity index (χ1v) is 6.76. The fourth-order valence-corrected chi connectivity index (χ4v) is 3.03. The number of thiazole rings is 1. The lowest BCUT2D eigenvalue weighted by molar-refractivity contribution is 1.43. The van der Waals surface area contributed by atoms with E-state index >= 15 is 0 Å². The maximum absolute atomic E-state index is 6.11. The summed E-state index contributed by atoms with van der Waals surface area (Å²) >= 11 is 7.60. The van der Waals surface area contributed by atoms with Gasteiger partial charge in [-0.25, -0.2) is 4.98 Å². The summed E-state index contributed by atoms with van der Waals surface area (Å²) in [5.41, 5.74) is 9.89. The van der Waals surface area contributed by atoms with Crippen molar-refractivity contribution < 1.29 is 0 Å². The van der Waals surface area contributed by atoms with Crippen molar-refractivity contribution in [3.8, 4) is 10.6 Å². The number of fused-ring (bicyclic) bond motifs is 1. The van der Waals surface area contributed by atoms with Gasteiger partial charge < -0.3 is 5.73 Å². The Morgan fingerprint density at radius 3 is 2.89 bits per heavy atom. The van der Waals surface area contributed by atoms with Crippen molar-refractivity contribution in [2.75, 3.05) is 5.73 Å². The second-order valence-electron chi connectivity index (χ2n) is 4.17. The largest absolute Gasteiger partial charge is 0.398 e. The van der Waals surface area contributed by atoms with Crippen LogP contribution in [0.1, 0.15) is 5.56 Å². The molecular weight excluding hydrogens is 264 g/mol. The predicted molar refractivity (Wildman–Crippen MR) is 79.2 cm³/mol. The summed E-state index contributed by atoms with van der Waals surface area (Å²) in [5, 5.41) is 1.64. The number of hydrogen-bond acceptors (Lipinski definition) is 3. The molecule has 90 valence electrons. The summed E-state index contributed by atoms with van der Waals surface area (Å²) in [6.45, 7) is 2.00. The lowest BCUT2D eigenvalue weighted by atomic mass is 10.1. The number of nitrogens with two attached hydrogens (primary N) is 1. The average Bonchev–Trinajstić information content (AvgIpc) is 2.75. The Bertz CT molecular complexity index is 734. The van der Waals surface area contributed by atoms with Crippen LogP contribution in [0.3, 0.4) is 0 Å². The van der Waals surface area contributed by atoms with Crippen molar-refractivity contribution in [1.29, 1.82) is 0 Å². The summed E-state index contributed by atoms with van der Waals surface area (Å²) < 4.78 is 1.12. The molecular formula is C14H11ClN2S. The van der Waals surface area contributed by atoms with Crippen LogP contribution >= 0.6 is 22.9 Å². The topological polar surface area (TPSA) is 38.9 Å². The molecule has 0 spiro atoms. The minimum atomic E-state index is 0.705. The first-order valence-electron chi connectivity index (χ1n) is 5.57. The number of aryl methyl sites for hydroxylation is 1. The SMILES string of the molecule is Cc1cccc(-c2nc3cc(Cl)ccc3s2)c1N.